The number of hydrogen-bond donors (Lipinski definition) is 3. The van der Waals surface area contributed by atoms with Crippen LogP contribution in [0.3, 0.4) is 0 Å². The largest absolute Gasteiger partial charge is 0.364 e. The monoisotopic (exact) mass is 275 g/mol. The minimum Gasteiger partial charge on any atom is -0.364 e. The number of fused-ring (bicyclic) bond motifs is 1. The molecule has 0 radical (unpaired) electrons. The lowest BCUT2D eigenvalue weighted by molar-refractivity contribution is 0.0987. The molecular weight excluding hydrogens is 258 g/mol. The van der Waals surface area contributed by atoms with Crippen LogP contribution in [0.1, 0.15) is 24.0 Å². The summed E-state index contributed by atoms with van der Waals surface area (Å²) in [6.45, 7) is 4.38. The predicted octanol–water partition coefficient (Wildman–Crippen LogP) is -0.281. The lowest BCUT2D eigenvalue weighted by Gasteiger charge is -2.11. The fourth-order valence-corrected chi connectivity index (χ4v) is 2.50. The molecule has 3 rings (SSSR count). The van der Waals surface area contributed by atoms with Gasteiger partial charge in [0, 0.05) is 19.1 Å². The highest BCUT2D eigenvalue weighted by atomic mass is 16.1. The van der Waals surface area contributed by atoms with E-state index in [-0.39, 0.29) is 5.82 Å². The van der Waals surface area contributed by atoms with Crippen LogP contribution < -0.4 is 16.4 Å². The number of nitrogens with two attached hydrogens (primary N) is 1. The molecule has 0 unspecified atom stereocenters. The van der Waals surface area contributed by atoms with E-state index in [2.05, 4.69) is 25.6 Å². The summed E-state index contributed by atoms with van der Waals surface area (Å²) in [4.78, 5) is 24.2. The Bertz CT molecular complexity index is 645. The second-order valence-corrected chi connectivity index (χ2v) is 4.77. The first-order chi connectivity index (χ1) is 9.70. The van der Waals surface area contributed by atoms with Gasteiger partial charge in [-0.2, -0.15) is 0 Å². The van der Waals surface area contributed by atoms with E-state index in [1.807, 2.05) is 6.92 Å². The van der Waals surface area contributed by atoms with E-state index in [1.165, 1.54) is 6.33 Å². The molecule has 1 saturated heterocycles. The van der Waals surface area contributed by atoms with Crippen molar-refractivity contribution in [2.75, 3.05) is 18.4 Å². The van der Waals surface area contributed by atoms with Crippen molar-refractivity contribution in [2.45, 2.75) is 25.9 Å². The second kappa shape index (κ2) is 5.04. The lowest BCUT2D eigenvalue weighted by atomic mass is 10.2. The Hall–Kier alpha value is -2.22. The molecule has 1 aliphatic rings. The number of anilines is 1. The average Bonchev–Trinajstić information content (AvgIpc) is 3.05. The Labute approximate surface area is 115 Å². The first-order valence-electron chi connectivity index (χ1n) is 6.69. The number of nitrogens with one attached hydrogen (secondary N) is 2. The average molecular weight is 275 g/mol. The molecule has 1 amide bonds. The van der Waals surface area contributed by atoms with Crippen molar-refractivity contribution in [3.63, 3.8) is 0 Å². The van der Waals surface area contributed by atoms with E-state index in [0.717, 1.165) is 19.5 Å². The molecule has 8 heteroatoms. The molecular formula is C12H17N7O. The van der Waals surface area contributed by atoms with Gasteiger partial charge in [0.2, 0.25) is 5.82 Å². The van der Waals surface area contributed by atoms with Gasteiger partial charge in [-0.15, -0.1) is 0 Å². The zero-order chi connectivity index (χ0) is 14.1. The molecule has 1 fully saturated rings. The van der Waals surface area contributed by atoms with E-state index < -0.39 is 5.91 Å². The van der Waals surface area contributed by atoms with Gasteiger partial charge in [0.1, 0.15) is 6.33 Å². The van der Waals surface area contributed by atoms with E-state index in [0.29, 0.717) is 29.6 Å². The molecule has 0 aromatic carbocycles. The second-order valence-electron chi connectivity index (χ2n) is 4.77. The van der Waals surface area contributed by atoms with Gasteiger partial charge in [-0.05, 0) is 19.9 Å². The molecule has 1 atom stereocenters. The van der Waals surface area contributed by atoms with Gasteiger partial charge in [-0.25, -0.2) is 15.0 Å². The van der Waals surface area contributed by atoms with Crippen LogP contribution in [0.15, 0.2) is 6.33 Å². The molecule has 4 N–H and O–H groups in total. The summed E-state index contributed by atoms with van der Waals surface area (Å²) in [6, 6.07) is 0.317. The molecule has 106 valence electrons. The van der Waals surface area contributed by atoms with Gasteiger partial charge in [0.05, 0.1) is 0 Å². The number of carbonyl (C=O) groups is 1. The normalized spacial score (nSPS) is 18.6. The third kappa shape index (κ3) is 2.07. The number of amides is 1. The number of rotatable bonds is 4. The van der Waals surface area contributed by atoms with Crippen LogP contribution in [0.2, 0.25) is 0 Å². The topological polar surface area (TPSA) is 111 Å². The highest BCUT2D eigenvalue weighted by Gasteiger charge is 2.21. The summed E-state index contributed by atoms with van der Waals surface area (Å²) in [6.07, 6.45) is 2.51. The van der Waals surface area contributed by atoms with E-state index in [1.54, 1.807) is 4.57 Å². The highest BCUT2D eigenvalue weighted by Crippen LogP contribution is 2.21. The van der Waals surface area contributed by atoms with Gasteiger partial charge >= 0.3 is 0 Å². The third-order valence-corrected chi connectivity index (χ3v) is 3.47. The van der Waals surface area contributed by atoms with Crippen LogP contribution in [0.25, 0.3) is 11.2 Å². The molecule has 3 heterocycles. The maximum atomic E-state index is 11.5. The molecule has 0 aliphatic carbocycles. The predicted molar refractivity (Wildman–Crippen MR) is 74.4 cm³/mol. The van der Waals surface area contributed by atoms with Crippen LogP contribution in [0.5, 0.6) is 0 Å². The van der Waals surface area contributed by atoms with Crippen molar-refractivity contribution in [3.8, 4) is 0 Å². The Kier molecular flexibility index (Phi) is 3.23. The molecule has 2 aromatic heterocycles. The summed E-state index contributed by atoms with van der Waals surface area (Å²) < 4.78 is 1.71. The molecule has 0 spiro atoms. The van der Waals surface area contributed by atoms with Gasteiger partial charge in [-0.3, -0.25) is 4.79 Å². The van der Waals surface area contributed by atoms with Gasteiger partial charge < -0.3 is 20.9 Å². The van der Waals surface area contributed by atoms with Crippen LogP contribution in [0, 0.1) is 0 Å². The number of primary amides is 1. The first-order valence-corrected chi connectivity index (χ1v) is 6.69. The van der Waals surface area contributed by atoms with Crippen LogP contribution >= 0.6 is 0 Å². The van der Waals surface area contributed by atoms with Crippen molar-refractivity contribution >= 4 is 22.9 Å². The first kappa shape index (κ1) is 12.8. The smallest absolute Gasteiger partial charge is 0.284 e. The van der Waals surface area contributed by atoms with Crippen LogP contribution in [0.4, 0.5) is 5.82 Å². The van der Waals surface area contributed by atoms with Gasteiger partial charge in [0.25, 0.3) is 5.91 Å². The van der Waals surface area contributed by atoms with Crippen molar-refractivity contribution < 1.29 is 4.79 Å². The summed E-state index contributed by atoms with van der Waals surface area (Å²) in [5.74, 6) is 0.312. The van der Waals surface area contributed by atoms with Gasteiger partial charge in [0.15, 0.2) is 17.0 Å². The molecule has 2 aromatic rings. The van der Waals surface area contributed by atoms with E-state index in [9.17, 15) is 4.79 Å². The number of nitrogens with zero attached hydrogens (tertiary/aromatic N) is 4. The molecule has 0 bridgehead atoms. The Morgan fingerprint density at radius 3 is 3.10 bits per heavy atom. The van der Waals surface area contributed by atoms with E-state index >= 15 is 0 Å². The minimum atomic E-state index is -0.557. The summed E-state index contributed by atoms with van der Waals surface area (Å²) >= 11 is 0. The highest BCUT2D eigenvalue weighted by molar-refractivity contribution is 5.95. The quantitative estimate of drug-likeness (QED) is 0.707. The number of aryl methyl sites for hydroxylation is 1. The van der Waals surface area contributed by atoms with Crippen molar-refractivity contribution in [3.05, 3.63) is 12.2 Å². The van der Waals surface area contributed by atoms with Crippen molar-refractivity contribution in [2.24, 2.45) is 5.73 Å². The Morgan fingerprint density at radius 2 is 2.45 bits per heavy atom. The minimum absolute atomic E-state index is 0.218. The Balaban J connectivity index is 2.06. The fraction of sp³-hybridized carbons (Fsp3) is 0.500. The maximum Gasteiger partial charge on any atom is 0.284 e. The number of hydrogen-bond acceptors (Lipinski definition) is 6. The lowest BCUT2D eigenvalue weighted by Crippen LogP contribution is -2.22. The van der Waals surface area contributed by atoms with Crippen LogP contribution in [-0.2, 0) is 6.54 Å². The Morgan fingerprint density at radius 1 is 1.60 bits per heavy atom. The van der Waals surface area contributed by atoms with Gasteiger partial charge in [-0.1, -0.05) is 0 Å². The standard InChI is InChI=1S/C12H17N7O/c1-2-19-11-8(18-12(19)9(13)20)10(15-6-16-11)17-7-3-4-14-5-7/h6-7,14H,2-5H2,1H3,(H2,13,20)(H,15,16,17)/t7-/m0/s1. The summed E-state index contributed by atoms with van der Waals surface area (Å²) in [5.41, 5.74) is 6.59. The zero-order valence-electron chi connectivity index (χ0n) is 11.3. The van der Waals surface area contributed by atoms with Crippen molar-refractivity contribution in [1.82, 2.24) is 24.8 Å². The molecule has 0 saturated carbocycles. The maximum absolute atomic E-state index is 11.5. The zero-order valence-corrected chi connectivity index (χ0v) is 11.3. The van der Waals surface area contributed by atoms with Crippen molar-refractivity contribution in [1.29, 1.82) is 0 Å². The SMILES string of the molecule is CCn1c(C(N)=O)nc2c(N[C@H]3CCNC3)ncnc21. The summed E-state index contributed by atoms with van der Waals surface area (Å²) in [7, 11) is 0. The number of carbonyl (C=O) groups excluding carboxylic acids is 1. The third-order valence-electron chi connectivity index (χ3n) is 3.47. The fourth-order valence-electron chi connectivity index (χ4n) is 2.50. The molecule has 1 aliphatic heterocycles. The summed E-state index contributed by atoms with van der Waals surface area (Å²) in [5, 5.41) is 6.63. The molecule has 8 nitrogen and oxygen atoms in total. The molecule has 20 heavy (non-hydrogen) atoms. The van der Waals surface area contributed by atoms with E-state index in [4.69, 9.17) is 5.73 Å². The number of aromatic nitrogens is 4. The number of imidazole rings is 1. The van der Waals surface area contributed by atoms with Crippen LogP contribution in [-0.4, -0.2) is 44.6 Å².